The first-order valence-electron chi connectivity index (χ1n) is 40.8. The van der Waals surface area contributed by atoms with Crippen molar-refractivity contribution in [3.8, 4) is 0 Å². The maximum absolute atomic E-state index is 14.0. The van der Waals surface area contributed by atoms with E-state index in [1.807, 2.05) is 0 Å². The van der Waals surface area contributed by atoms with Gasteiger partial charge in [0.2, 0.25) is 11.8 Å². The van der Waals surface area contributed by atoms with Crippen molar-refractivity contribution < 1.29 is 172 Å². The highest BCUT2D eigenvalue weighted by atomic mass is 16.8. The first-order chi connectivity index (χ1) is 56.8. The zero-order valence-corrected chi connectivity index (χ0v) is 65.1. The van der Waals surface area contributed by atoms with Gasteiger partial charge in [0.15, 0.2) is 37.7 Å². The number of amides is 4. The van der Waals surface area contributed by atoms with Gasteiger partial charge in [-0.2, -0.15) is 10.2 Å². The standard InChI is InChI=1S/C77H116N6O35/c84-31-44-63-52(92)58(98)72(109-44)116-65-46(33-86)111-74(60(100)54(65)94)118-67-48(35-88)112-75(61(101)55(67)95)117-66-47(34-87)110-73(59(99)53(66)93)115-64-45(32-85)108-71(57(97)51(64)91)113-62-43(107-70(114-63)56(96)50(62)90)30-81-69(103)40-11-15-42(16-12-40)83-82-41-13-9-39(10-14-41)68(102)79-19-7-21-106-23-22-105-20-6-18-78-49(89)8-4-2-1-3-5-17-80-76(104)77-27-36-24-37(28-77)26-38(25-36)29-77/h9-16,36-38,43-48,50-67,70-75,84-88,90-101H,1-8,17-35H2,(H,78,89)(H,79,102)(H,80,104)(H,81,103)/t36?,37?,38?,43-,44-,45-,46-,47-,48-,50-,51-,52-,53-,54-,55-,56-,57-,58-,59-,60-,61-,62-,63-,64-,65-,66-,67-,70-,71-,72-,73-,74-,75-,77?/m0/s1. The third kappa shape index (κ3) is 22.1. The SMILES string of the molecule is O=C(CCCCCCCNC(=O)C12CC3CC(CC(C3)C1)C2)NCCCOCCOCCCNC(=O)c1ccc(N=Nc2ccc(C(=O)NC[C@@H]3O[C@H]4O[C@@H]5[C@@H](O)[C@H](O)[C@H](O[C@@H]6[C@@H](O)[C@H](O)[C@H](O[C@@H]7[C@@H](O)[C@H](O)[C@H](O[C@@H]8[C@@H](O)[C@H](O)[C@H](O[C@@H]9[C@@H](O)[C@H](O)[C@H](O[C@@H]3[C@@H](O)[C@@H]4O)O[C@H]9CO)O[C@H]8CO)O[C@H]7CO)O[C@H]6CO)O[C@H]5CO)cc2)cc1. The Morgan fingerprint density at radius 3 is 0.983 bits per heavy atom. The number of hydrogen-bond donors (Lipinski definition) is 21. The molecule has 0 radical (unpaired) electrons. The van der Waals surface area contributed by atoms with Gasteiger partial charge in [0.1, 0.15) is 146 Å². The normalized spacial score (nSPS) is 40.6. The van der Waals surface area contributed by atoms with Crippen molar-refractivity contribution in [2.24, 2.45) is 33.4 Å². The summed E-state index contributed by atoms with van der Waals surface area (Å²) in [6.07, 6.45) is -47.0. The maximum atomic E-state index is 14.0. The zero-order valence-electron chi connectivity index (χ0n) is 65.1. The summed E-state index contributed by atoms with van der Waals surface area (Å²) < 4.78 is 81.4. The van der Waals surface area contributed by atoms with E-state index in [4.69, 9.17) is 66.3 Å². The number of carbonyl (C=O) groups excluding carboxylic acids is 4. The summed E-state index contributed by atoms with van der Waals surface area (Å²) in [5.41, 5.74) is 0.935. The van der Waals surface area contributed by atoms with Crippen LogP contribution in [0.4, 0.5) is 11.4 Å². The molecule has 2 aromatic rings. The molecule has 22 heterocycles. The van der Waals surface area contributed by atoms with E-state index in [0.717, 1.165) is 75.7 Å². The van der Waals surface area contributed by atoms with Crippen molar-refractivity contribution >= 4 is 35.0 Å². The quantitative estimate of drug-likeness (QED) is 0.0247. The van der Waals surface area contributed by atoms with Crippen molar-refractivity contribution in [3.05, 3.63) is 59.7 Å². The lowest BCUT2D eigenvalue weighted by molar-refractivity contribution is -0.403. The van der Waals surface area contributed by atoms with Gasteiger partial charge in [-0.25, -0.2) is 0 Å². The van der Waals surface area contributed by atoms with E-state index in [-0.39, 0.29) is 28.5 Å². The van der Waals surface area contributed by atoms with Crippen LogP contribution in [0.15, 0.2) is 58.8 Å². The van der Waals surface area contributed by atoms with Crippen molar-refractivity contribution in [3.63, 3.8) is 0 Å². The van der Waals surface area contributed by atoms with E-state index in [9.17, 15) is 106 Å². The molecule has 30 atom stereocenters. The number of aliphatic hydroxyl groups is 17. The third-order valence-electron chi connectivity index (χ3n) is 23.8. The summed E-state index contributed by atoms with van der Waals surface area (Å²) >= 11 is 0. The minimum absolute atomic E-state index is 0.0137. The number of hydrogen-bond acceptors (Lipinski definition) is 37. The Morgan fingerprint density at radius 1 is 0.339 bits per heavy atom. The molecule has 41 heteroatoms. The lowest BCUT2D eigenvalue weighted by Gasteiger charge is -2.55. The number of ether oxygens (including phenoxy) is 14. The van der Waals surface area contributed by atoms with Crippen LogP contribution in [0.5, 0.6) is 0 Å². The molecular formula is C77H116N6O35. The summed E-state index contributed by atoms with van der Waals surface area (Å²) in [4.78, 5) is 52.4. The fourth-order valence-electron chi connectivity index (χ4n) is 17.7. The first-order valence-corrected chi connectivity index (χ1v) is 40.8. The summed E-state index contributed by atoms with van der Waals surface area (Å²) in [5.74, 6) is 1.46. The molecule has 41 nitrogen and oxygen atoms in total. The van der Waals surface area contributed by atoms with Gasteiger partial charge in [0.25, 0.3) is 11.8 Å². The third-order valence-corrected chi connectivity index (χ3v) is 23.8. The van der Waals surface area contributed by atoms with Crippen LogP contribution < -0.4 is 21.3 Å². The number of aliphatic hydroxyl groups excluding tert-OH is 17. The van der Waals surface area contributed by atoms with Crippen LogP contribution in [0.2, 0.25) is 0 Å². The lowest BCUT2D eigenvalue weighted by atomic mass is 9.49. The average molecular weight is 1690 g/mol. The fourth-order valence-corrected chi connectivity index (χ4v) is 17.7. The molecule has 4 aliphatic carbocycles. The van der Waals surface area contributed by atoms with Crippen LogP contribution in [0.1, 0.15) is 111 Å². The summed E-state index contributed by atoms with van der Waals surface area (Å²) in [5, 5.41) is 212. The zero-order chi connectivity index (χ0) is 84.1. The molecule has 26 fully saturated rings. The van der Waals surface area contributed by atoms with Gasteiger partial charge in [0, 0.05) is 62.4 Å². The van der Waals surface area contributed by atoms with E-state index < -0.39 is 230 Å². The van der Waals surface area contributed by atoms with Crippen LogP contribution in [0, 0.1) is 23.2 Å². The molecule has 4 saturated carbocycles. The molecule has 28 rings (SSSR count). The van der Waals surface area contributed by atoms with Crippen LogP contribution >= 0.6 is 0 Å². The largest absolute Gasteiger partial charge is 0.394 e. The average Bonchev–Trinajstić information content (AvgIpc) is 0.753. The molecule has 0 aromatic heterocycles. The van der Waals surface area contributed by atoms with Gasteiger partial charge in [0.05, 0.1) is 57.6 Å². The molecule has 0 spiro atoms. The second-order valence-corrected chi connectivity index (χ2v) is 32.2. The van der Waals surface area contributed by atoms with Crippen molar-refractivity contribution in [2.75, 3.05) is 85.6 Å². The van der Waals surface area contributed by atoms with E-state index in [1.54, 1.807) is 24.3 Å². The van der Waals surface area contributed by atoms with Crippen molar-refractivity contribution in [2.45, 2.75) is 274 Å². The fraction of sp³-hybridized carbons (Fsp3) is 0.792. The van der Waals surface area contributed by atoms with Crippen molar-refractivity contribution in [1.82, 2.24) is 21.3 Å². The Bertz CT molecular complexity index is 3460. The number of nitrogens with zero attached hydrogens (tertiary/aromatic N) is 2. The molecular weight excluding hydrogens is 1570 g/mol. The van der Waals surface area contributed by atoms with E-state index in [0.29, 0.717) is 75.9 Å². The Morgan fingerprint density at radius 2 is 0.636 bits per heavy atom. The Kier molecular flexibility index (Phi) is 33.4. The van der Waals surface area contributed by atoms with E-state index in [1.165, 1.54) is 43.5 Å². The van der Waals surface area contributed by atoms with Gasteiger partial charge in [-0.3, -0.25) is 19.2 Å². The predicted molar refractivity (Wildman–Crippen MR) is 396 cm³/mol. The molecule has 2 aromatic carbocycles. The number of benzene rings is 2. The van der Waals surface area contributed by atoms with Gasteiger partial charge in [-0.05, 0) is 130 Å². The Hall–Kier alpha value is -5.32. The molecule has 0 unspecified atom stereocenters. The predicted octanol–water partition coefficient (Wildman–Crippen LogP) is -5.87. The smallest absolute Gasteiger partial charge is 0.251 e. The molecule has 22 saturated heterocycles. The molecule has 21 N–H and O–H groups in total. The number of carbonyl (C=O) groups is 4. The summed E-state index contributed by atoms with van der Waals surface area (Å²) in [6, 6.07) is 11.9. The topological polar surface area (TPSA) is 614 Å². The summed E-state index contributed by atoms with van der Waals surface area (Å²) in [6.45, 7) is -2.72. The number of nitrogens with one attached hydrogen (secondary N) is 4. The van der Waals surface area contributed by atoms with Crippen LogP contribution in [0.25, 0.3) is 0 Å². The molecule has 4 amide bonds. The monoisotopic (exact) mass is 1680 g/mol. The lowest BCUT2D eigenvalue weighted by Crippen LogP contribution is -2.69. The molecule has 664 valence electrons. The molecule has 16 bridgehead atoms. The highest BCUT2D eigenvalue weighted by Gasteiger charge is 2.60. The molecule has 22 aliphatic heterocycles. The number of azo groups is 1. The van der Waals surface area contributed by atoms with E-state index >= 15 is 0 Å². The first kappa shape index (κ1) is 91.9. The minimum Gasteiger partial charge on any atom is -0.394 e. The van der Waals surface area contributed by atoms with Gasteiger partial charge in [-0.15, -0.1) is 0 Å². The Balaban J connectivity index is 0.602. The van der Waals surface area contributed by atoms with Gasteiger partial charge < -0.3 is 174 Å². The van der Waals surface area contributed by atoms with E-state index in [2.05, 4.69) is 31.5 Å². The highest BCUT2D eigenvalue weighted by Crippen LogP contribution is 2.60. The van der Waals surface area contributed by atoms with Crippen molar-refractivity contribution in [1.29, 1.82) is 0 Å². The molecule has 26 aliphatic rings. The van der Waals surface area contributed by atoms with Crippen LogP contribution in [-0.4, -0.2) is 380 Å². The Labute approximate surface area is 679 Å². The highest BCUT2D eigenvalue weighted by molar-refractivity contribution is 5.95. The molecule has 118 heavy (non-hydrogen) atoms. The second-order valence-electron chi connectivity index (χ2n) is 32.2. The van der Waals surface area contributed by atoms with Gasteiger partial charge in [-0.1, -0.05) is 19.3 Å². The number of rotatable bonds is 31. The maximum Gasteiger partial charge on any atom is 0.251 e. The second kappa shape index (κ2) is 42.9. The van der Waals surface area contributed by atoms with Crippen LogP contribution in [-0.2, 0) is 75.9 Å². The minimum atomic E-state index is -2.26. The number of unbranched alkanes of at least 4 members (excludes halogenated alkanes) is 4. The summed E-state index contributed by atoms with van der Waals surface area (Å²) in [7, 11) is 0. The van der Waals surface area contributed by atoms with Gasteiger partial charge >= 0.3 is 0 Å². The van der Waals surface area contributed by atoms with Crippen LogP contribution in [0.3, 0.4) is 0 Å².